The van der Waals surface area contributed by atoms with Crippen LogP contribution in [0.25, 0.3) is 0 Å². The molecule has 0 aromatic heterocycles. The largest absolute Gasteiger partial charge is 0.397 e. The first-order chi connectivity index (χ1) is 9.26. The van der Waals surface area contributed by atoms with Crippen molar-refractivity contribution in [1.82, 2.24) is 4.31 Å². The standard InChI is InChI=1S/C15H24N2O2S/c1-10(2)13-6-5-9-17(13)20(18,19)15-12(4)8-7-11(3)14(15)16/h7-8,10,13H,5-6,9,16H2,1-4H3. The fraction of sp³-hybridized carbons (Fsp3) is 0.600. The van der Waals surface area contributed by atoms with Crippen molar-refractivity contribution in [2.75, 3.05) is 12.3 Å². The molecule has 1 unspecified atom stereocenters. The number of aryl methyl sites for hydroxylation is 2. The van der Waals surface area contributed by atoms with Gasteiger partial charge in [0.15, 0.2) is 0 Å². The Morgan fingerprint density at radius 2 is 1.85 bits per heavy atom. The first-order valence-corrected chi connectivity index (χ1v) is 8.58. The summed E-state index contributed by atoms with van der Waals surface area (Å²) in [5, 5.41) is 0. The molecular weight excluding hydrogens is 272 g/mol. The van der Waals surface area contributed by atoms with Crippen LogP contribution in [0.15, 0.2) is 17.0 Å². The Bertz CT molecular complexity index is 609. The average molecular weight is 296 g/mol. The van der Waals surface area contributed by atoms with Crippen LogP contribution >= 0.6 is 0 Å². The molecule has 1 heterocycles. The summed E-state index contributed by atoms with van der Waals surface area (Å²) in [5.74, 6) is 0.318. The Morgan fingerprint density at radius 3 is 2.45 bits per heavy atom. The van der Waals surface area contributed by atoms with Crippen LogP contribution < -0.4 is 5.73 Å². The maximum absolute atomic E-state index is 13.0. The van der Waals surface area contributed by atoms with Gasteiger partial charge in [0, 0.05) is 12.6 Å². The van der Waals surface area contributed by atoms with Crippen LogP contribution in [0.1, 0.15) is 37.8 Å². The molecule has 1 aliphatic heterocycles. The molecule has 20 heavy (non-hydrogen) atoms. The topological polar surface area (TPSA) is 63.4 Å². The summed E-state index contributed by atoms with van der Waals surface area (Å²) in [6.07, 6.45) is 1.86. The highest BCUT2D eigenvalue weighted by Crippen LogP contribution is 2.34. The van der Waals surface area contributed by atoms with Crippen molar-refractivity contribution >= 4 is 15.7 Å². The van der Waals surface area contributed by atoms with Crippen molar-refractivity contribution in [3.63, 3.8) is 0 Å². The van der Waals surface area contributed by atoms with E-state index in [2.05, 4.69) is 13.8 Å². The highest BCUT2D eigenvalue weighted by atomic mass is 32.2. The number of nitrogens with zero attached hydrogens (tertiary/aromatic N) is 1. The van der Waals surface area contributed by atoms with Crippen LogP contribution in [-0.2, 0) is 10.0 Å². The predicted molar refractivity (Wildman–Crippen MR) is 82.1 cm³/mol. The third kappa shape index (κ3) is 2.44. The number of anilines is 1. The zero-order chi connectivity index (χ0) is 15.1. The predicted octanol–water partition coefficient (Wildman–Crippen LogP) is 2.69. The van der Waals surface area contributed by atoms with Gasteiger partial charge in [-0.05, 0) is 43.7 Å². The van der Waals surface area contributed by atoms with Gasteiger partial charge in [-0.15, -0.1) is 0 Å². The summed E-state index contributed by atoms with van der Waals surface area (Å²) >= 11 is 0. The summed E-state index contributed by atoms with van der Waals surface area (Å²) in [4.78, 5) is 0.296. The van der Waals surface area contributed by atoms with Gasteiger partial charge in [0.05, 0.1) is 5.69 Å². The number of nitrogens with two attached hydrogens (primary N) is 1. The maximum Gasteiger partial charge on any atom is 0.245 e. The highest BCUT2D eigenvalue weighted by Gasteiger charge is 2.38. The second-order valence-corrected chi connectivity index (χ2v) is 7.84. The van der Waals surface area contributed by atoms with E-state index in [1.165, 1.54) is 0 Å². The summed E-state index contributed by atoms with van der Waals surface area (Å²) in [6, 6.07) is 3.78. The molecule has 112 valence electrons. The van der Waals surface area contributed by atoms with Crippen molar-refractivity contribution in [3.05, 3.63) is 23.3 Å². The van der Waals surface area contributed by atoms with E-state index in [4.69, 9.17) is 5.73 Å². The average Bonchev–Trinajstić information content (AvgIpc) is 2.84. The smallest absolute Gasteiger partial charge is 0.245 e. The molecule has 4 nitrogen and oxygen atoms in total. The van der Waals surface area contributed by atoms with E-state index in [9.17, 15) is 8.42 Å². The lowest BCUT2D eigenvalue weighted by atomic mass is 10.0. The Kier molecular flexibility index (Phi) is 4.12. The van der Waals surface area contributed by atoms with E-state index in [1.807, 2.05) is 26.0 Å². The van der Waals surface area contributed by atoms with Crippen LogP contribution in [0.3, 0.4) is 0 Å². The number of hydrogen-bond acceptors (Lipinski definition) is 3. The third-order valence-corrected chi connectivity index (χ3v) is 6.32. The van der Waals surface area contributed by atoms with Gasteiger partial charge in [-0.3, -0.25) is 0 Å². The summed E-state index contributed by atoms with van der Waals surface area (Å²) in [6.45, 7) is 8.40. The van der Waals surface area contributed by atoms with E-state index in [1.54, 1.807) is 4.31 Å². The molecule has 0 spiro atoms. The molecule has 1 aliphatic rings. The van der Waals surface area contributed by atoms with Gasteiger partial charge in [0.25, 0.3) is 0 Å². The Hall–Kier alpha value is -1.07. The van der Waals surface area contributed by atoms with Crippen molar-refractivity contribution in [2.45, 2.75) is 51.5 Å². The second-order valence-electron chi connectivity index (χ2n) is 6.01. The van der Waals surface area contributed by atoms with Crippen LogP contribution in [0, 0.1) is 19.8 Å². The molecule has 1 aromatic carbocycles. The molecular formula is C15H24N2O2S. The Morgan fingerprint density at radius 1 is 1.25 bits per heavy atom. The lowest BCUT2D eigenvalue weighted by molar-refractivity contribution is 0.316. The van der Waals surface area contributed by atoms with E-state index in [-0.39, 0.29) is 6.04 Å². The van der Waals surface area contributed by atoms with E-state index < -0.39 is 10.0 Å². The third-order valence-electron chi connectivity index (χ3n) is 4.20. The summed E-state index contributed by atoms with van der Waals surface area (Å²) in [5.41, 5.74) is 7.98. The molecule has 1 fully saturated rings. The minimum atomic E-state index is -3.51. The van der Waals surface area contributed by atoms with Crippen LogP contribution in [0.2, 0.25) is 0 Å². The fourth-order valence-electron chi connectivity index (χ4n) is 3.00. The molecule has 1 saturated heterocycles. The van der Waals surface area contributed by atoms with E-state index in [0.29, 0.717) is 23.0 Å². The van der Waals surface area contributed by atoms with Gasteiger partial charge in [0.2, 0.25) is 10.0 Å². The first-order valence-electron chi connectivity index (χ1n) is 7.14. The molecule has 2 N–H and O–H groups in total. The zero-order valence-electron chi connectivity index (χ0n) is 12.7. The van der Waals surface area contributed by atoms with Crippen molar-refractivity contribution in [3.8, 4) is 0 Å². The Labute approximate surface area is 122 Å². The van der Waals surface area contributed by atoms with E-state index in [0.717, 1.165) is 24.0 Å². The summed E-state index contributed by atoms with van der Waals surface area (Å²) in [7, 11) is -3.51. The number of benzene rings is 1. The molecule has 1 aromatic rings. The number of nitrogen functional groups attached to an aromatic ring is 1. The fourth-order valence-corrected chi connectivity index (χ4v) is 5.22. The lowest BCUT2D eigenvalue weighted by Crippen LogP contribution is -2.39. The maximum atomic E-state index is 13.0. The molecule has 1 atom stereocenters. The molecule has 0 aliphatic carbocycles. The second kappa shape index (κ2) is 5.37. The molecule has 0 radical (unpaired) electrons. The van der Waals surface area contributed by atoms with Crippen molar-refractivity contribution in [1.29, 1.82) is 0 Å². The molecule has 0 saturated carbocycles. The van der Waals surface area contributed by atoms with Gasteiger partial charge >= 0.3 is 0 Å². The van der Waals surface area contributed by atoms with Gasteiger partial charge in [-0.2, -0.15) is 4.31 Å². The zero-order valence-corrected chi connectivity index (χ0v) is 13.5. The number of sulfonamides is 1. The molecule has 2 rings (SSSR count). The van der Waals surface area contributed by atoms with Crippen LogP contribution in [0.4, 0.5) is 5.69 Å². The van der Waals surface area contributed by atoms with Crippen molar-refractivity contribution in [2.24, 2.45) is 5.92 Å². The lowest BCUT2D eigenvalue weighted by Gasteiger charge is -2.28. The highest BCUT2D eigenvalue weighted by molar-refractivity contribution is 7.89. The quantitative estimate of drug-likeness (QED) is 0.872. The normalized spacial score (nSPS) is 20.8. The number of rotatable bonds is 3. The minimum Gasteiger partial charge on any atom is -0.397 e. The number of hydrogen-bond donors (Lipinski definition) is 1. The monoisotopic (exact) mass is 296 g/mol. The van der Waals surface area contributed by atoms with Gasteiger partial charge < -0.3 is 5.73 Å². The summed E-state index contributed by atoms with van der Waals surface area (Å²) < 4.78 is 27.6. The van der Waals surface area contributed by atoms with Crippen LogP contribution in [-0.4, -0.2) is 25.3 Å². The first kappa shape index (κ1) is 15.3. The molecule has 0 bridgehead atoms. The van der Waals surface area contributed by atoms with Gasteiger partial charge in [-0.1, -0.05) is 26.0 Å². The van der Waals surface area contributed by atoms with Crippen molar-refractivity contribution < 1.29 is 8.42 Å². The molecule has 5 heteroatoms. The van der Waals surface area contributed by atoms with E-state index >= 15 is 0 Å². The Balaban J connectivity index is 2.54. The SMILES string of the molecule is Cc1ccc(C)c(S(=O)(=O)N2CCCC2C(C)C)c1N. The molecule has 0 amide bonds. The van der Waals surface area contributed by atoms with Gasteiger partial charge in [0.1, 0.15) is 4.90 Å². The van der Waals surface area contributed by atoms with Gasteiger partial charge in [-0.25, -0.2) is 8.42 Å². The van der Waals surface area contributed by atoms with Crippen LogP contribution in [0.5, 0.6) is 0 Å². The minimum absolute atomic E-state index is 0.0827.